The first-order valence-electron chi connectivity index (χ1n) is 11.8. The zero-order valence-electron chi connectivity index (χ0n) is 20.1. The van der Waals surface area contributed by atoms with Crippen LogP contribution in [0.5, 0.6) is 17.2 Å². The van der Waals surface area contributed by atoms with Crippen molar-refractivity contribution in [2.24, 2.45) is 0 Å². The Morgan fingerprint density at radius 1 is 0.912 bits per heavy atom. The zero-order chi connectivity index (χ0) is 24.8. The third-order valence-corrected chi connectivity index (χ3v) is 8.00. The van der Waals surface area contributed by atoms with E-state index in [1.807, 2.05) is 20.8 Å². The van der Waals surface area contributed by atoms with Crippen molar-refractivity contribution >= 4 is 41.3 Å². The maximum absolute atomic E-state index is 13.3. The summed E-state index contributed by atoms with van der Waals surface area (Å²) in [6.45, 7) is 8.81. The van der Waals surface area contributed by atoms with Gasteiger partial charge in [0.25, 0.3) is 11.8 Å². The number of hydrogen-bond donors (Lipinski definition) is 1. The molecule has 1 fully saturated rings. The maximum Gasteiger partial charge on any atom is 0.308 e. The van der Waals surface area contributed by atoms with Crippen LogP contribution in [0.15, 0.2) is 25.7 Å². The molecule has 1 aromatic carbocycles. The molecule has 0 bridgehead atoms. The molecule has 2 heterocycles. The van der Waals surface area contributed by atoms with Crippen molar-refractivity contribution in [3.63, 3.8) is 0 Å². The number of rotatable bonds is 11. The van der Waals surface area contributed by atoms with Crippen LogP contribution >= 0.6 is 23.5 Å². The quantitative estimate of drug-likeness (QED) is 0.145. The molecule has 2 aliphatic heterocycles. The summed E-state index contributed by atoms with van der Waals surface area (Å²) in [6.07, 6.45) is 5.19. The maximum atomic E-state index is 13.3. The molecule has 2 aliphatic rings. The number of fused-ring (bicyclic) bond motifs is 1. The van der Waals surface area contributed by atoms with Crippen LogP contribution < -0.4 is 9.47 Å². The SMILES string of the molecule is CCCCOc1cc(OC(C)=O)c(O)c2c1SC(=C1C(=O)N(CCCC)N(CCCC)C1=O)S2. The van der Waals surface area contributed by atoms with Crippen LogP contribution in [-0.2, 0) is 14.4 Å². The minimum Gasteiger partial charge on any atom is -0.503 e. The highest BCUT2D eigenvalue weighted by molar-refractivity contribution is 8.25. The third kappa shape index (κ3) is 5.49. The van der Waals surface area contributed by atoms with Crippen LogP contribution in [0.4, 0.5) is 0 Å². The van der Waals surface area contributed by atoms with E-state index in [1.165, 1.54) is 24.8 Å². The number of phenolic OH excluding ortho intramolecular Hbond substituents is 1. The van der Waals surface area contributed by atoms with Gasteiger partial charge in [-0.2, -0.15) is 0 Å². The Kier molecular flexibility index (Phi) is 9.18. The van der Waals surface area contributed by atoms with E-state index >= 15 is 0 Å². The summed E-state index contributed by atoms with van der Waals surface area (Å²) in [6, 6.07) is 1.49. The highest BCUT2D eigenvalue weighted by Gasteiger charge is 2.44. The summed E-state index contributed by atoms with van der Waals surface area (Å²) in [5, 5.41) is 13.9. The second-order valence-electron chi connectivity index (χ2n) is 8.11. The van der Waals surface area contributed by atoms with E-state index in [4.69, 9.17) is 9.47 Å². The van der Waals surface area contributed by atoms with Gasteiger partial charge in [-0.05, 0) is 19.3 Å². The first-order chi connectivity index (χ1) is 16.3. The molecule has 0 atom stereocenters. The molecule has 0 saturated carbocycles. The van der Waals surface area contributed by atoms with Gasteiger partial charge < -0.3 is 14.6 Å². The second-order valence-corrected chi connectivity index (χ2v) is 10.4. The lowest BCUT2D eigenvalue weighted by Crippen LogP contribution is -2.42. The topological polar surface area (TPSA) is 96.4 Å². The van der Waals surface area contributed by atoms with Crippen molar-refractivity contribution in [1.82, 2.24) is 10.0 Å². The minimum absolute atomic E-state index is 0.00434. The van der Waals surface area contributed by atoms with Crippen LogP contribution in [0.25, 0.3) is 0 Å². The fourth-order valence-corrected chi connectivity index (χ4v) is 6.19. The Morgan fingerprint density at radius 3 is 2.00 bits per heavy atom. The van der Waals surface area contributed by atoms with E-state index in [1.54, 1.807) is 10.0 Å². The number of unbranched alkanes of at least 4 members (excludes halogenated alkanes) is 3. The van der Waals surface area contributed by atoms with Crippen LogP contribution in [0, 0.1) is 0 Å². The molecule has 186 valence electrons. The van der Waals surface area contributed by atoms with E-state index in [2.05, 4.69) is 0 Å². The number of esters is 1. The molecule has 0 aromatic heterocycles. The number of hydrogen-bond acceptors (Lipinski definition) is 8. The number of carbonyl (C=O) groups is 3. The Bertz CT molecular complexity index is 966. The molecule has 0 radical (unpaired) electrons. The van der Waals surface area contributed by atoms with Gasteiger partial charge in [-0.3, -0.25) is 14.4 Å². The smallest absolute Gasteiger partial charge is 0.308 e. The molecule has 1 aromatic rings. The average molecular weight is 509 g/mol. The van der Waals surface area contributed by atoms with E-state index in [-0.39, 0.29) is 28.9 Å². The van der Waals surface area contributed by atoms with E-state index in [9.17, 15) is 19.5 Å². The fraction of sp³-hybridized carbons (Fsp3) is 0.542. The first-order valence-corrected chi connectivity index (χ1v) is 13.4. The van der Waals surface area contributed by atoms with Gasteiger partial charge in [0.15, 0.2) is 11.5 Å². The van der Waals surface area contributed by atoms with Gasteiger partial charge in [0.1, 0.15) is 11.3 Å². The van der Waals surface area contributed by atoms with Crippen LogP contribution in [0.2, 0.25) is 0 Å². The van der Waals surface area contributed by atoms with E-state index in [0.29, 0.717) is 39.5 Å². The van der Waals surface area contributed by atoms with Crippen molar-refractivity contribution in [2.75, 3.05) is 19.7 Å². The summed E-state index contributed by atoms with van der Waals surface area (Å²) in [4.78, 5) is 39.3. The van der Waals surface area contributed by atoms with Gasteiger partial charge in [0.05, 0.1) is 20.6 Å². The predicted octanol–water partition coefficient (Wildman–Crippen LogP) is 5.09. The molecule has 2 amide bonds. The van der Waals surface area contributed by atoms with Crippen LogP contribution in [0.1, 0.15) is 66.2 Å². The number of benzene rings is 1. The lowest BCUT2D eigenvalue weighted by Gasteiger charge is -2.27. The highest BCUT2D eigenvalue weighted by Crippen LogP contribution is 2.61. The molecule has 34 heavy (non-hydrogen) atoms. The van der Waals surface area contributed by atoms with Gasteiger partial charge in [-0.1, -0.05) is 63.6 Å². The van der Waals surface area contributed by atoms with Gasteiger partial charge in [-0.15, -0.1) is 0 Å². The molecule has 0 unspecified atom stereocenters. The Morgan fingerprint density at radius 2 is 1.47 bits per heavy atom. The molecule has 8 nitrogen and oxygen atoms in total. The largest absolute Gasteiger partial charge is 0.503 e. The molecule has 0 spiro atoms. The van der Waals surface area contributed by atoms with Gasteiger partial charge in [0, 0.05) is 26.1 Å². The average Bonchev–Trinajstić information content (AvgIpc) is 3.33. The predicted molar refractivity (Wildman–Crippen MR) is 132 cm³/mol. The zero-order valence-corrected chi connectivity index (χ0v) is 21.8. The molecule has 10 heteroatoms. The van der Waals surface area contributed by atoms with Crippen molar-refractivity contribution in [3.8, 4) is 17.2 Å². The third-order valence-electron chi connectivity index (χ3n) is 5.38. The molecular formula is C24H32N2O6S2. The molecule has 1 saturated heterocycles. The lowest BCUT2D eigenvalue weighted by atomic mass is 10.3. The number of thioether (sulfide) groups is 2. The van der Waals surface area contributed by atoms with E-state index < -0.39 is 5.97 Å². The summed E-state index contributed by atoms with van der Waals surface area (Å²) < 4.78 is 11.6. The van der Waals surface area contributed by atoms with Gasteiger partial charge in [0.2, 0.25) is 0 Å². The molecule has 3 rings (SSSR count). The number of ether oxygens (including phenoxy) is 2. The fourth-order valence-electron chi connectivity index (χ4n) is 3.55. The number of hydrazine groups is 1. The van der Waals surface area contributed by atoms with Crippen molar-refractivity contribution in [1.29, 1.82) is 0 Å². The van der Waals surface area contributed by atoms with Crippen molar-refractivity contribution in [3.05, 3.63) is 15.9 Å². The lowest BCUT2D eigenvalue weighted by molar-refractivity contribution is -0.147. The number of nitrogens with zero attached hydrogens (tertiary/aromatic N) is 2. The van der Waals surface area contributed by atoms with Crippen molar-refractivity contribution < 1.29 is 29.0 Å². The van der Waals surface area contributed by atoms with Gasteiger partial charge >= 0.3 is 5.97 Å². The van der Waals surface area contributed by atoms with Gasteiger partial charge in [-0.25, -0.2) is 10.0 Å². The number of phenols is 1. The normalized spacial score (nSPS) is 15.4. The highest BCUT2D eigenvalue weighted by atomic mass is 32.2. The second kappa shape index (κ2) is 11.9. The first kappa shape index (κ1) is 26.3. The minimum atomic E-state index is -0.566. The molecular weight excluding hydrogens is 476 g/mol. The Labute approximate surface area is 209 Å². The Hall–Kier alpha value is -2.33. The monoisotopic (exact) mass is 508 g/mol. The summed E-state index contributed by atoms with van der Waals surface area (Å²) in [5.41, 5.74) is 0.117. The summed E-state index contributed by atoms with van der Waals surface area (Å²) in [7, 11) is 0. The molecule has 0 aliphatic carbocycles. The standard InChI is InChI=1S/C24H32N2O6S2/c1-5-8-11-25-22(29)18(23(30)26(25)12-9-6-2)24-33-20-17(31-13-10-7-3)14-16(32-15(4)27)19(28)21(20)34-24/h14,28H,5-13H2,1-4H3. The number of carbonyl (C=O) groups excluding carboxylic acids is 3. The summed E-state index contributed by atoms with van der Waals surface area (Å²) in [5.74, 6) is -0.950. The van der Waals surface area contributed by atoms with Crippen LogP contribution in [0.3, 0.4) is 0 Å². The Balaban J connectivity index is 2.01. The van der Waals surface area contributed by atoms with Crippen molar-refractivity contribution in [2.45, 2.75) is 76.0 Å². The molecule has 1 N–H and O–H groups in total. The van der Waals surface area contributed by atoms with E-state index in [0.717, 1.165) is 50.3 Å². The summed E-state index contributed by atoms with van der Waals surface area (Å²) >= 11 is 2.38. The number of amides is 2. The number of aromatic hydroxyl groups is 1. The van der Waals surface area contributed by atoms with Crippen LogP contribution in [-0.4, -0.2) is 52.6 Å².